The quantitative estimate of drug-likeness (QED) is 0.644. The highest BCUT2D eigenvalue weighted by Crippen LogP contribution is 2.28. The number of phenols is 1. The summed E-state index contributed by atoms with van der Waals surface area (Å²) >= 11 is 0. The van der Waals surface area contributed by atoms with E-state index in [1.165, 1.54) is 11.0 Å². The molecular formula is C14H16N2O6. The maximum absolute atomic E-state index is 12.4. The van der Waals surface area contributed by atoms with Crippen molar-refractivity contribution in [2.75, 3.05) is 13.1 Å². The molecule has 1 aliphatic rings. The highest BCUT2D eigenvalue weighted by atomic mass is 16.6. The molecule has 0 bridgehead atoms. The summed E-state index contributed by atoms with van der Waals surface area (Å²) in [5.74, 6) is -2.56. The normalized spacial score (nSPS) is 21.4. The fourth-order valence-electron chi connectivity index (χ4n) is 2.69. The van der Waals surface area contributed by atoms with Gasteiger partial charge in [0.2, 0.25) is 0 Å². The van der Waals surface area contributed by atoms with Crippen LogP contribution < -0.4 is 0 Å². The molecule has 1 amide bonds. The van der Waals surface area contributed by atoms with Gasteiger partial charge in [-0.1, -0.05) is 6.92 Å². The van der Waals surface area contributed by atoms with Crippen molar-refractivity contribution in [2.24, 2.45) is 11.8 Å². The molecule has 1 aromatic rings. The molecule has 0 aliphatic carbocycles. The number of hydrogen-bond donors (Lipinski definition) is 2. The third kappa shape index (κ3) is 3.16. The molecule has 2 N–H and O–H groups in total. The molecule has 1 fully saturated rings. The number of phenolic OH excluding ortho intramolecular Hbond substituents is 1. The molecule has 0 spiro atoms. The molecule has 0 aromatic heterocycles. The largest absolute Gasteiger partial charge is 0.502 e. The summed E-state index contributed by atoms with van der Waals surface area (Å²) in [7, 11) is 0. The second-order valence-corrected chi connectivity index (χ2v) is 5.55. The number of carboxylic acid groups (broad SMARTS) is 1. The minimum absolute atomic E-state index is 0.0467. The molecule has 8 nitrogen and oxygen atoms in total. The number of carbonyl (C=O) groups is 2. The standard InChI is InChI=1S/C14H16N2O6/c1-8-4-10(14(19)20)7-15(6-8)13(18)9-2-3-11(16(21)22)12(17)5-9/h2-3,5,8,10,17H,4,6-7H2,1H3,(H,19,20). The van der Waals surface area contributed by atoms with Crippen LogP contribution in [-0.2, 0) is 4.79 Å². The van der Waals surface area contributed by atoms with E-state index in [0.29, 0.717) is 13.0 Å². The molecule has 118 valence electrons. The Labute approximate surface area is 126 Å². The molecule has 1 aliphatic heterocycles. The van der Waals surface area contributed by atoms with E-state index in [0.717, 1.165) is 12.1 Å². The topological polar surface area (TPSA) is 121 Å². The van der Waals surface area contributed by atoms with Gasteiger partial charge < -0.3 is 15.1 Å². The van der Waals surface area contributed by atoms with Crippen molar-refractivity contribution in [3.8, 4) is 5.75 Å². The Balaban J connectivity index is 2.22. The Morgan fingerprint density at radius 1 is 1.36 bits per heavy atom. The zero-order valence-corrected chi connectivity index (χ0v) is 11.9. The molecule has 1 heterocycles. The number of aromatic hydroxyl groups is 1. The number of aliphatic carboxylic acids is 1. The van der Waals surface area contributed by atoms with Crippen LogP contribution in [0.3, 0.4) is 0 Å². The number of nitro benzene ring substituents is 1. The van der Waals surface area contributed by atoms with Gasteiger partial charge >= 0.3 is 11.7 Å². The zero-order valence-electron chi connectivity index (χ0n) is 11.9. The first-order valence-corrected chi connectivity index (χ1v) is 6.79. The van der Waals surface area contributed by atoms with Crippen LogP contribution >= 0.6 is 0 Å². The molecular weight excluding hydrogens is 292 g/mol. The number of nitro groups is 1. The minimum atomic E-state index is -0.948. The number of rotatable bonds is 3. The second-order valence-electron chi connectivity index (χ2n) is 5.55. The van der Waals surface area contributed by atoms with Crippen LogP contribution in [0.5, 0.6) is 5.75 Å². The number of likely N-dealkylation sites (tertiary alicyclic amines) is 1. The van der Waals surface area contributed by atoms with E-state index in [1.807, 2.05) is 6.92 Å². The van der Waals surface area contributed by atoms with Gasteiger partial charge in [0.25, 0.3) is 5.91 Å². The van der Waals surface area contributed by atoms with E-state index in [-0.39, 0.29) is 18.0 Å². The van der Waals surface area contributed by atoms with Gasteiger partial charge in [0.1, 0.15) is 0 Å². The molecule has 8 heteroatoms. The predicted octanol–water partition coefficient (Wildman–Crippen LogP) is 1.48. The number of hydrogen-bond acceptors (Lipinski definition) is 5. The molecule has 1 aromatic carbocycles. The summed E-state index contributed by atoms with van der Waals surface area (Å²) in [5.41, 5.74) is -0.381. The average Bonchev–Trinajstić information content (AvgIpc) is 2.45. The van der Waals surface area contributed by atoms with Crippen LogP contribution in [-0.4, -0.2) is 45.0 Å². The van der Waals surface area contributed by atoms with Crippen LogP contribution in [0.1, 0.15) is 23.7 Å². The second kappa shape index (κ2) is 6.00. The maximum atomic E-state index is 12.4. The van der Waals surface area contributed by atoms with E-state index in [4.69, 9.17) is 5.11 Å². The van der Waals surface area contributed by atoms with Crippen molar-refractivity contribution >= 4 is 17.6 Å². The van der Waals surface area contributed by atoms with Gasteiger partial charge in [0.15, 0.2) is 5.75 Å². The van der Waals surface area contributed by atoms with Crippen molar-refractivity contribution in [3.05, 3.63) is 33.9 Å². The zero-order chi connectivity index (χ0) is 16.4. The van der Waals surface area contributed by atoms with Gasteiger partial charge in [-0.25, -0.2) is 0 Å². The summed E-state index contributed by atoms with van der Waals surface area (Å²) < 4.78 is 0. The summed E-state index contributed by atoms with van der Waals surface area (Å²) in [6, 6.07) is 3.36. The number of benzene rings is 1. The smallest absolute Gasteiger partial charge is 0.310 e. The lowest BCUT2D eigenvalue weighted by Gasteiger charge is -2.34. The van der Waals surface area contributed by atoms with Crippen molar-refractivity contribution in [3.63, 3.8) is 0 Å². The summed E-state index contributed by atoms with van der Waals surface area (Å²) in [5, 5.41) is 29.4. The van der Waals surface area contributed by atoms with E-state index >= 15 is 0 Å². The first-order valence-electron chi connectivity index (χ1n) is 6.79. The molecule has 0 radical (unpaired) electrons. The number of amides is 1. The van der Waals surface area contributed by atoms with Gasteiger partial charge in [0.05, 0.1) is 10.8 Å². The molecule has 22 heavy (non-hydrogen) atoms. The van der Waals surface area contributed by atoms with Gasteiger partial charge in [-0.05, 0) is 24.5 Å². The SMILES string of the molecule is CC1CC(C(=O)O)CN(C(=O)c2ccc([N+](=O)[O-])c(O)c2)C1. The Hall–Kier alpha value is -2.64. The van der Waals surface area contributed by atoms with E-state index in [9.17, 15) is 24.8 Å². The molecule has 2 rings (SSSR count). The summed E-state index contributed by atoms with van der Waals surface area (Å²) in [4.78, 5) is 34.8. The maximum Gasteiger partial charge on any atom is 0.310 e. The van der Waals surface area contributed by atoms with Crippen LogP contribution in [0.2, 0.25) is 0 Å². The van der Waals surface area contributed by atoms with Crippen LogP contribution in [0, 0.1) is 22.0 Å². The molecule has 1 saturated heterocycles. The third-order valence-corrected chi connectivity index (χ3v) is 3.72. The van der Waals surface area contributed by atoms with Crippen molar-refractivity contribution < 1.29 is 24.7 Å². The number of piperidine rings is 1. The van der Waals surface area contributed by atoms with Gasteiger partial charge in [-0.15, -0.1) is 0 Å². The number of nitrogens with zero attached hydrogens (tertiary/aromatic N) is 2. The fraction of sp³-hybridized carbons (Fsp3) is 0.429. The lowest BCUT2D eigenvalue weighted by atomic mass is 9.90. The van der Waals surface area contributed by atoms with Crippen LogP contribution in [0.4, 0.5) is 5.69 Å². The highest BCUT2D eigenvalue weighted by Gasteiger charge is 2.32. The number of carbonyl (C=O) groups excluding carboxylic acids is 1. The number of carboxylic acids is 1. The Kier molecular flexibility index (Phi) is 4.30. The Morgan fingerprint density at radius 3 is 2.59 bits per heavy atom. The van der Waals surface area contributed by atoms with Gasteiger partial charge in [0, 0.05) is 24.7 Å². The van der Waals surface area contributed by atoms with Gasteiger partial charge in [-0.3, -0.25) is 19.7 Å². The van der Waals surface area contributed by atoms with E-state index < -0.39 is 34.2 Å². The fourth-order valence-corrected chi connectivity index (χ4v) is 2.69. The third-order valence-electron chi connectivity index (χ3n) is 3.72. The molecule has 0 saturated carbocycles. The lowest BCUT2D eigenvalue weighted by Crippen LogP contribution is -2.45. The first-order chi connectivity index (χ1) is 10.3. The predicted molar refractivity (Wildman–Crippen MR) is 75.6 cm³/mol. The summed E-state index contributed by atoms with van der Waals surface area (Å²) in [6.45, 7) is 2.37. The summed E-state index contributed by atoms with van der Waals surface area (Å²) in [6.07, 6.45) is 0.505. The van der Waals surface area contributed by atoms with E-state index in [2.05, 4.69) is 0 Å². The van der Waals surface area contributed by atoms with Gasteiger partial charge in [-0.2, -0.15) is 0 Å². The highest BCUT2D eigenvalue weighted by molar-refractivity contribution is 5.95. The lowest BCUT2D eigenvalue weighted by molar-refractivity contribution is -0.385. The molecule has 2 atom stereocenters. The van der Waals surface area contributed by atoms with Crippen molar-refractivity contribution in [2.45, 2.75) is 13.3 Å². The average molecular weight is 308 g/mol. The Morgan fingerprint density at radius 2 is 2.05 bits per heavy atom. The minimum Gasteiger partial charge on any atom is -0.502 e. The van der Waals surface area contributed by atoms with Crippen molar-refractivity contribution in [1.29, 1.82) is 0 Å². The van der Waals surface area contributed by atoms with Crippen LogP contribution in [0.25, 0.3) is 0 Å². The van der Waals surface area contributed by atoms with Crippen molar-refractivity contribution in [1.82, 2.24) is 4.90 Å². The van der Waals surface area contributed by atoms with Crippen LogP contribution in [0.15, 0.2) is 18.2 Å². The van der Waals surface area contributed by atoms with E-state index in [1.54, 1.807) is 0 Å². The Bertz CT molecular complexity index is 630. The first kappa shape index (κ1) is 15.7. The monoisotopic (exact) mass is 308 g/mol. The molecule has 2 unspecified atom stereocenters.